The summed E-state index contributed by atoms with van der Waals surface area (Å²) in [7, 11) is 0. The maximum atomic E-state index is 13.8. The number of nitrogens with zero attached hydrogens (tertiary/aromatic N) is 4. The molecule has 2 aliphatic carbocycles. The van der Waals surface area contributed by atoms with Gasteiger partial charge in [0, 0.05) is 72.1 Å². The molecule has 1 atom stereocenters. The summed E-state index contributed by atoms with van der Waals surface area (Å²) in [5, 5.41) is 11.9. The number of piperidine rings is 1. The van der Waals surface area contributed by atoms with Crippen molar-refractivity contribution in [1.29, 1.82) is 5.26 Å². The van der Waals surface area contributed by atoms with Gasteiger partial charge < -0.3 is 9.64 Å². The van der Waals surface area contributed by atoms with E-state index in [9.17, 15) is 29.2 Å². The van der Waals surface area contributed by atoms with Crippen LogP contribution >= 0.6 is 11.6 Å². The van der Waals surface area contributed by atoms with Crippen LogP contribution in [-0.4, -0.2) is 75.0 Å². The van der Waals surface area contributed by atoms with E-state index in [0.717, 1.165) is 71.4 Å². The Morgan fingerprint density at radius 2 is 1.49 bits per heavy atom. The zero-order valence-corrected chi connectivity index (χ0v) is 34.4. The fraction of sp³-hybridized carbons (Fsp3) is 0.447. The van der Waals surface area contributed by atoms with Crippen LogP contribution in [0.5, 0.6) is 5.75 Å². The van der Waals surface area contributed by atoms with Crippen LogP contribution in [0.15, 0.2) is 48.5 Å². The lowest BCUT2D eigenvalue weighted by molar-refractivity contribution is -0.199. The number of hydrogen-bond donors (Lipinski definition) is 1. The molecule has 6 aliphatic rings. The first kappa shape index (κ1) is 39.0. The van der Waals surface area contributed by atoms with Crippen molar-refractivity contribution in [3.63, 3.8) is 0 Å². The van der Waals surface area contributed by atoms with Gasteiger partial charge in [-0.1, -0.05) is 51.1 Å². The number of rotatable bonds is 5. The molecule has 3 aromatic rings. The lowest BCUT2D eigenvalue weighted by atomic mass is 9.49. The minimum absolute atomic E-state index is 0.0304. The van der Waals surface area contributed by atoms with E-state index in [1.807, 2.05) is 29.2 Å². The van der Waals surface area contributed by atoms with Crippen molar-refractivity contribution in [1.82, 2.24) is 20.0 Å². The Morgan fingerprint density at radius 1 is 0.780 bits per heavy atom. The van der Waals surface area contributed by atoms with Gasteiger partial charge in [0.25, 0.3) is 17.7 Å². The number of fused-ring (bicyclic) bond motifs is 3. The second kappa shape index (κ2) is 14.4. The van der Waals surface area contributed by atoms with Crippen molar-refractivity contribution in [2.24, 2.45) is 16.7 Å². The van der Waals surface area contributed by atoms with Gasteiger partial charge in [-0.25, -0.2) is 0 Å². The zero-order valence-electron chi connectivity index (χ0n) is 33.7. The third-order valence-electron chi connectivity index (χ3n) is 13.8. The second-order valence-electron chi connectivity index (χ2n) is 18.2. The monoisotopic (exact) mass is 811 g/mol. The summed E-state index contributed by atoms with van der Waals surface area (Å²) in [6.45, 7) is 10.6. The first-order valence-corrected chi connectivity index (χ1v) is 21.0. The quantitative estimate of drug-likeness (QED) is 0.230. The van der Waals surface area contributed by atoms with E-state index in [4.69, 9.17) is 16.3 Å². The van der Waals surface area contributed by atoms with Crippen molar-refractivity contribution < 1.29 is 28.7 Å². The summed E-state index contributed by atoms with van der Waals surface area (Å²) in [6.07, 6.45) is 4.84. The summed E-state index contributed by atoms with van der Waals surface area (Å²) < 4.78 is 6.48. The highest BCUT2D eigenvalue weighted by molar-refractivity contribution is 6.31. The Bertz CT molecular complexity index is 2450. The molecule has 12 heteroatoms. The van der Waals surface area contributed by atoms with Crippen molar-refractivity contribution in [3.05, 3.63) is 98.1 Å². The Balaban J connectivity index is 0.809. The van der Waals surface area contributed by atoms with Gasteiger partial charge in [0.15, 0.2) is 0 Å². The van der Waals surface area contributed by atoms with E-state index in [0.29, 0.717) is 46.6 Å². The smallest absolute Gasteiger partial charge is 0.262 e. The lowest BCUT2D eigenvalue weighted by Gasteiger charge is -2.65. The summed E-state index contributed by atoms with van der Waals surface area (Å²) in [5.41, 5.74) is 5.13. The summed E-state index contributed by atoms with van der Waals surface area (Å²) >= 11 is 6.30. The molecule has 1 saturated heterocycles. The number of carbonyl (C=O) groups is 5. The van der Waals surface area contributed by atoms with Gasteiger partial charge in [-0.2, -0.15) is 5.26 Å². The highest BCUT2D eigenvalue weighted by Gasteiger charge is 2.67. The van der Waals surface area contributed by atoms with E-state index in [1.165, 1.54) is 0 Å². The Morgan fingerprint density at radius 3 is 2.17 bits per heavy atom. The van der Waals surface area contributed by atoms with Gasteiger partial charge in [0.2, 0.25) is 11.8 Å². The molecule has 0 bridgehead atoms. The molecule has 3 fully saturated rings. The number of ether oxygens (including phenoxy) is 1. The maximum Gasteiger partial charge on any atom is 0.262 e. The predicted octanol–water partition coefficient (Wildman–Crippen LogP) is 6.42. The number of amides is 5. The minimum Gasteiger partial charge on any atom is -0.489 e. The van der Waals surface area contributed by atoms with Crippen molar-refractivity contribution in [2.75, 3.05) is 6.54 Å². The van der Waals surface area contributed by atoms with Crippen LogP contribution < -0.4 is 10.1 Å². The normalized spacial score (nSPS) is 26.8. The van der Waals surface area contributed by atoms with Gasteiger partial charge >= 0.3 is 0 Å². The highest BCUT2D eigenvalue weighted by atomic mass is 35.5. The third kappa shape index (κ3) is 6.50. The Hall–Kier alpha value is -5.49. The van der Waals surface area contributed by atoms with Crippen LogP contribution in [0.2, 0.25) is 5.02 Å². The molecule has 1 unspecified atom stereocenters. The molecule has 59 heavy (non-hydrogen) atoms. The van der Waals surface area contributed by atoms with Gasteiger partial charge in [-0.05, 0) is 97.7 Å². The van der Waals surface area contributed by atoms with E-state index in [-0.39, 0.29) is 53.5 Å². The largest absolute Gasteiger partial charge is 0.489 e. The molecule has 5 amide bonds. The first-order valence-electron chi connectivity index (χ1n) is 20.6. The number of hydrogen-bond acceptors (Lipinski definition) is 8. The number of halogens is 1. The van der Waals surface area contributed by atoms with Gasteiger partial charge in [-0.3, -0.25) is 39.1 Å². The number of nitrogens with one attached hydrogen (secondary N) is 1. The summed E-state index contributed by atoms with van der Waals surface area (Å²) in [6, 6.07) is 16.2. The fourth-order valence-electron chi connectivity index (χ4n) is 11.3. The maximum absolute atomic E-state index is 13.8. The molecule has 1 N–H and O–H groups in total. The van der Waals surface area contributed by atoms with Crippen molar-refractivity contribution in [3.8, 4) is 23.7 Å². The van der Waals surface area contributed by atoms with Crippen LogP contribution in [0.4, 0.5) is 0 Å². The first-order chi connectivity index (χ1) is 28.1. The molecule has 302 valence electrons. The van der Waals surface area contributed by atoms with Crippen LogP contribution in [-0.2, 0) is 29.1 Å². The van der Waals surface area contributed by atoms with E-state index >= 15 is 0 Å². The Labute approximate surface area is 349 Å². The van der Waals surface area contributed by atoms with Gasteiger partial charge in [0.1, 0.15) is 24.0 Å². The molecular weight excluding hydrogens is 766 g/mol. The average molecular weight is 812 g/mol. The lowest BCUT2D eigenvalue weighted by Crippen LogP contribution is -2.74. The van der Waals surface area contributed by atoms with Crippen molar-refractivity contribution in [2.45, 2.75) is 110 Å². The number of benzene rings is 3. The molecule has 2 saturated carbocycles. The average Bonchev–Trinajstić information content (AvgIpc) is 3.64. The molecule has 4 heterocycles. The van der Waals surface area contributed by atoms with Gasteiger partial charge in [0.05, 0.1) is 21.7 Å². The molecule has 3 aromatic carbocycles. The van der Waals surface area contributed by atoms with Gasteiger partial charge in [-0.15, -0.1) is 0 Å². The highest BCUT2D eigenvalue weighted by Crippen LogP contribution is 2.59. The van der Waals surface area contributed by atoms with E-state index in [2.05, 4.69) is 61.9 Å². The van der Waals surface area contributed by atoms with Crippen LogP contribution in [0.3, 0.4) is 0 Å². The van der Waals surface area contributed by atoms with Crippen LogP contribution in [0, 0.1) is 39.9 Å². The topological polar surface area (TPSA) is 140 Å². The van der Waals surface area contributed by atoms with Crippen LogP contribution in [0.1, 0.15) is 125 Å². The molecule has 0 aromatic heterocycles. The molecular formula is C47H46ClN5O6. The summed E-state index contributed by atoms with van der Waals surface area (Å²) in [4.78, 5) is 70.3. The molecule has 0 spiro atoms. The van der Waals surface area contributed by atoms with E-state index < -0.39 is 23.8 Å². The molecule has 11 nitrogen and oxygen atoms in total. The van der Waals surface area contributed by atoms with Crippen molar-refractivity contribution >= 4 is 41.1 Å². The molecule has 0 radical (unpaired) electrons. The molecule has 9 rings (SSSR count). The number of imide groups is 2. The minimum atomic E-state index is -0.972. The fourth-order valence-corrected chi connectivity index (χ4v) is 11.5. The number of nitriles is 1. The third-order valence-corrected chi connectivity index (χ3v) is 14.1. The zero-order chi connectivity index (χ0) is 41.5. The second-order valence-corrected chi connectivity index (χ2v) is 18.6. The SMILES string of the molecule is CC1(C)[C@H](Oc2ccc(C#N)c(Cl)c2)C(C)(C)[C@H]1N1Cc2cc(C#CC3CCC(N4CCc5cc6c(cc5C4)C(=O)N(C4CCC(=O)NC4=O)C6=O)CC3)ccc2C1=O. The van der Waals surface area contributed by atoms with Crippen LogP contribution in [0.25, 0.3) is 0 Å². The molecule has 4 aliphatic heterocycles. The van der Waals surface area contributed by atoms with E-state index in [1.54, 1.807) is 18.2 Å². The summed E-state index contributed by atoms with van der Waals surface area (Å²) in [5.74, 6) is 5.96. The number of carbonyl (C=O) groups excluding carboxylic acids is 5. The predicted molar refractivity (Wildman–Crippen MR) is 218 cm³/mol. The standard InChI is InChI=1S/C47H46ClN5O6/c1-46(2)44(47(3,4)45(46)59-33-13-10-29(23-49)37(48)22-33)52-25-31-19-27(9-14-34(31)41(52)56)6-5-26-7-11-32(12-8-26)51-18-17-28-20-35-36(21-30(28)24-51)43(58)53(42(35)57)38-15-16-39(54)50-40(38)55/h9-10,13-14,19-22,26,32,38,44-45H,7-8,11-12,15-18,24-25H2,1-4H3,(H,50,54,55)/t26?,32?,38?,44-,45-. The Kier molecular flexibility index (Phi) is 9.49.